The molecule has 0 aliphatic carbocycles. The highest BCUT2D eigenvalue weighted by molar-refractivity contribution is 7.99. The number of aromatic carboxylic acids is 1. The van der Waals surface area contributed by atoms with Crippen molar-refractivity contribution in [1.82, 2.24) is 15.0 Å². The molecule has 0 bridgehead atoms. The molecular weight excluding hydrogens is 276 g/mol. The molecular formula is C13H10N4O2S. The SMILES string of the molecule is Nc1cnc(Sc2nc3ccccc3[nH]2)c(C(=O)O)c1. The molecule has 0 atom stereocenters. The lowest BCUT2D eigenvalue weighted by atomic mass is 10.3. The van der Waals surface area contributed by atoms with E-state index < -0.39 is 5.97 Å². The number of nitrogens with zero attached hydrogens (tertiary/aromatic N) is 2. The fourth-order valence-electron chi connectivity index (χ4n) is 1.77. The molecule has 0 fully saturated rings. The largest absolute Gasteiger partial charge is 0.478 e. The van der Waals surface area contributed by atoms with E-state index in [1.165, 1.54) is 12.3 Å². The average molecular weight is 286 g/mol. The van der Waals surface area contributed by atoms with Crippen molar-refractivity contribution in [2.45, 2.75) is 10.2 Å². The Hall–Kier alpha value is -2.54. The van der Waals surface area contributed by atoms with Crippen LogP contribution in [-0.4, -0.2) is 26.0 Å². The van der Waals surface area contributed by atoms with Crippen LogP contribution >= 0.6 is 11.8 Å². The quantitative estimate of drug-likeness (QED) is 0.682. The van der Waals surface area contributed by atoms with Crippen LogP contribution in [0.2, 0.25) is 0 Å². The van der Waals surface area contributed by atoms with E-state index in [0.29, 0.717) is 15.9 Å². The number of nitrogens with one attached hydrogen (secondary N) is 1. The smallest absolute Gasteiger partial charge is 0.338 e. The molecule has 1 aromatic carbocycles. The molecule has 0 saturated carbocycles. The Morgan fingerprint density at radius 3 is 2.90 bits per heavy atom. The van der Waals surface area contributed by atoms with Crippen LogP contribution < -0.4 is 5.73 Å². The first-order chi connectivity index (χ1) is 9.63. The molecule has 4 N–H and O–H groups in total. The van der Waals surface area contributed by atoms with E-state index in [1.807, 2.05) is 24.3 Å². The topological polar surface area (TPSA) is 105 Å². The van der Waals surface area contributed by atoms with Crippen molar-refractivity contribution in [3.63, 3.8) is 0 Å². The first-order valence-corrected chi connectivity index (χ1v) is 6.56. The van der Waals surface area contributed by atoms with Crippen molar-refractivity contribution in [2.24, 2.45) is 0 Å². The van der Waals surface area contributed by atoms with Crippen LogP contribution in [0.5, 0.6) is 0 Å². The predicted octanol–water partition coefficient (Wildman–Crippen LogP) is 2.39. The van der Waals surface area contributed by atoms with Gasteiger partial charge in [0, 0.05) is 0 Å². The van der Waals surface area contributed by atoms with Crippen molar-refractivity contribution in [3.8, 4) is 0 Å². The van der Waals surface area contributed by atoms with E-state index in [1.54, 1.807) is 0 Å². The second kappa shape index (κ2) is 4.86. The standard InChI is InChI=1S/C13H10N4O2S/c14-7-5-8(12(18)19)11(15-6-7)20-13-16-9-3-1-2-4-10(9)17-13/h1-6H,14H2,(H,16,17)(H,18,19). The molecule has 7 heteroatoms. The van der Waals surface area contributed by atoms with Crippen LogP contribution in [-0.2, 0) is 0 Å². The number of anilines is 1. The van der Waals surface area contributed by atoms with Crippen molar-refractivity contribution in [1.29, 1.82) is 0 Å². The van der Waals surface area contributed by atoms with E-state index in [9.17, 15) is 4.79 Å². The summed E-state index contributed by atoms with van der Waals surface area (Å²) >= 11 is 1.16. The lowest BCUT2D eigenvalue weighted by molar-refractivity contribution is 0.0692. The zero-order chi connectivity index (χ0) is 14.1. The van der Waals surface area contributed by atoms with Crippen molar-refractivity contribution < 1.29 is 9.90 Å². The Kier molecular flexibility index (Phi) is 3.03. The van der Waals surface area contributed by atoms with Gasteiger partial charge in [-0.3, -0.25) is 0 Å². The maximum absolute atomic E-state index is 11.2. The van der Waals surface area contributed by atoms with Gasteiger partial charge in [-0.2, -0.15) is 0 Å². The molecule has 2 aromatic heterocycles. The molecule has 0 spiro atoms. The molecule has 0 unspecified atom stereocenters. The molecule has 0 saturated heterocycles. The minimum Gasteiger partial charge on any atom is -0.478 e. The van der Waals surface area contributed by atoms with Crippen molar-refractivity contribution in [2.75, 3.05) is 5.73 Å². The monoisotopic (exact) mass is 286 g/mol. The third-order valence-electron chi connectivity index (χ3n) is 2.66. The molecule has 20 heavy (non-hydrogen) atoms. The van der Waals surface area contributed by atoms with Crippen LogP contribution in [0, 0.1) is 0 Å². The Morgan fingerprint density at radius 2 is 2.15 bits per heavy atom. The van der Waals surface area contributed by atoms with Crippen LogP contribution in [0.1, 0.15) is 10.4 Å². The normalized spacial score (nSPS) is 10.8. The van der Waals surface area contributed by atoms with Gasteiger partial charge in [0.15, 0.2) is 5.16 Å². The molecule has 100 valence electrons. The number of fused-ring (bicyclic) bond motifs is 1. The van der Waals surface area contributed by atoms with Crippen molar-refractivity contribution in [3.05, 3.63) is 42.1 Å². The number of nitrogen functional groups attached to an aromatic ring is 1. The summed E-state index contributed by atoms with van der Waals surface area (Å²) in [5.74, 6) is -1.07. The minimum atomic E-state index is -1.07. The number of hydrogen-bond acceptors (Lipinski definition) is 5. The second-order valence-electron chi connectivity index (χ2n) is 4.09. The maximum Gasteiger partial charge on any atom is 0.338 e. The maximum atomic E-state index is 11.2. The van der Waals surface area contributed by atoms with E-state index in [-0.39, 0.29) is 5.56 Å². The van der Waals surface area contributed by atoms with E-state index in [4.69, 9.17) is 10.8 Å². The number of aromatic amines is 1. The van der Waals surface area contributed by atoms with Crippen LogP contribution in [0.3, 0.4) is 0 Å². The number of pyridine rings is 1. The molecule has 0 aliphatic rings. The summed E-state index contributed by atoms with van der Waals surface area (Å²) in [6.07, 6.45) is 1.43. The van der Waals surface area contributed by atoms with Crippen LogP contribution in [0.25, 0.3) is 11.0 Å². The zero-order valence-corrected chi connectivity index (χ0v) is 11.0. The number of carboxylic acid groups (broad SMARTS) is 1. The summed E-state index contributed by atoms with van der Waals surface area (Å²) in [7, 11) is 0. The highest BCUT2D eigenvalue weighted by atomic mass is 32.2. The molecule has 0 aliphatic heterocycles. The summed E-state index contributed by atoms with van der Waals surface area (Å²) in [6, 6.07) is 8.96. The number of rotatable bonds is 3. The van der Waals surface area contributed by atoms with Gasteiger partial charge in [-0.25, -0.2) is 14.8 Å². The molecule has 6 nitrogen and oxygen atoms in total. The zero-order valence-electron chi connectivity index (χ0n) is 10.2. The number of benzene rings is 1. The van der Waals surface area contributed by atoms with Gasteiger partial charge in [-0.1, -0.05) is 12.1 Å². The van der Waals surface area contributed by atoms with Crippen molar-refractivity contribution >= 4 is 34.5 Å². The Bertz CT molecular complexity index is 767. The van der Waals surface area contributed by atoms with Gasteiger partial charge in [0.1, 0.15) is 5.03 Å². The highest BCUT2D eigenvalue weighted by Gasteiger charge is 2.15. The van der Waals surface area contributed by atoms with Gasteiger partial charge < -0.3 is 15.8 Å². The highest BCUT2D eigenvalue weighted by Crippen LogP contribution is 2.29. The van der Waals surface area contributed by atoms with Gasteiger partial charge in [0.25, 0.3) is 0 Å². The number of para-hydroxylation sites is 2. The Morgan fingerprint density at radius 1 is 1.35 bits per heavy atom. The van der Waals surface area contributed by atoms with Gasteiger partial charge >= 0.3 is 5.97 Å². The van der Waals surface area contributed by atoms with Crippen LogP contribution in [0.4, 0.5) is 5.69 Å². The Balaban J connectivity index is 2.00. The number of imidazole rings is 1. The fourth-order valence-corrected chi connectivity index (χ4v) is 2.62. The fraction of sp³-hybridized carbons (Fsp3) is 0. The van der Waals surface area contributed by atoms with Gasteiger partial charge in [0.05, 0.1) is 28.5 Å². The molecule has 2 heterocycles. The first-order valence-electron chi connectivity index (χ1n) is 5.75. The van der Waals surface area contributed by atoms with E-state index in [0.717, 1.165) is 22.8 Å². The summed E-state index contributed by atoms with van der Waals surface area (Å²) < 4.78 is 0. The van der Waals surface area contributed by atoms with Gasteiger partial charge in [-0.15, -0.1) is 0 Å². The van der Waals surface area contributed by atoms with E-state index >= 15 is 0 Å². The average Bonchev–Trinajstić information content (AvgIpc) is 2.82. The Labute approximate surface area is 118 Å². The van der Waals surface area contributed by atoms with Crippen LogP contribution in [0.15, 0.2) is 46.7 Å². The predicted molar refractivity (Wildman–Crippen MR) is 75.8 cm³/mol. The molecule has 0 amide bonds. The summed E-state index contributed by atoms with van der Waals surface area (Å²) in [5.41, 5.74) is 7.66. The molecule has 3 aromatic rings. The molecule has 0 radical (unpaired) electrons. The summed E-state index contributed by atoms with van der Waals surface area (Å²) in [4.78, 5) is 22.7. The number of nitrogens with two attached hydrogens (primary N) is 1. The minimum absolute atomic E-state index is 0.0652. The number of carboxylic acids is 1. The third kappa shape index (κ3) is 2.30. The number of aromatic nitrogens is 3. The van der Waals surface area contributed by atoms with Gasteiger partial charge in [0.2, 0.25) is 0 Å². The second-order valence-corrected chi connectivity index (χ2v) is 5.07. The molecule has 3 rings (SSSR count). The number of carbonyl (C=O) groups is 1. The van der Waals surface area contributed by atoms with Gasteiger partial charge in [-0.05, 0) is 30.0 Å². The summed E-state index contributed by atoms with van der Waals surface area (Å²) in [5, 5.41) is 10.1. The summed E-state index contributed by atoms with van der Waals surface area (Å²) in [6.45, 7) is 0. The third-order valence-corrected chi connectivity index (χ3v) is 3.57. The first kappa shape index (κ1) is 12.5. The number of hydrogen-bond donors (Lipinski definition) is 3. The van der Waals surface area contributed by atoms with E-state index in [2.05, 4.69) is 15.0 Å². The number of H-pyrrole nitrogens is 1. The lowest BCUT2D eigenvalue weighted by Crippen LogP contribution is -2.02. The lowest BCUT2D eigenvalue weighted by Gasteiger charge is -2.03.